The molecular weight excluding hydrogens is 326 g/mol. The highest BCUT2D eigenvalue weighted by molar-refractivity contribution is 7.80. The highest BCUT2D eigenvalue weighted by Crippen LogP contribution is 2.27. The Hall–Kier alpha value is -1.13. The number of para-hydroxylation sites is 1. The van der Waals surface area contributed by atoms with Gasteiger partial charge in [0.1, 0.15) is 0 Å². The molecule has 1 N–H and O–H groups in total. The van der Waals surface area contributed by atoms with E-state index in [1.165, 1.54) is 61.8 Å². The second-order valence-corrected chi connectivity index (χ2v) is 8.26. The van der Waals surface area contributed by atoms with Crippen molar-refractivity contribution in [3.8, 4) is 0 Å². The van der Waals surface area contributed by atoms with Gasteiger partial charge in [-0.1, -0.05) is 37.5 Å². The first-order valence-electron chi connectivity index (χ1n) is 9.90. The minimum absolute atomic E-state index is 0.724. The smallest absolute Gasteiger partial charge is 0.173 e. The maximum atomic E-state index is 5.71. The third-order valence-corrected chi connectivity index (χ3v) is 6.55. The van der Waals surface area contributed by atoms with Gasteiger partial charge in [-0.05, 0) is 69.9 Å². The van der Waals surface area contributed by atoms with Crippen LogP contribution in [0.2, 0.25) is 0 Å². The van der Waals surface area contributed by atoms with E-state index in [2.05, 4.69) is 54.2 Å². The fraction of sp³-hybridized carbons (Fsp3) is 0.667. The number of piperidine rings is 1. The Morgan fingerprint density at radius 2 is 1.56 bits per heavy atom. The topological polar surface area (TPSA) is 18.5 Å². The van der Waals surface area contributed by atoms with Gasteiger partial charge in [0.2, 0.25) is 0 Å². The van der Waals surface area contributed by atoms with E-state index in [9.17, 15) is 0 Å². The number of aryl methyl sites for hydroxylation is 2. The van der Waals surface area contributed by atoms with Gasteiger partial charge in [0, 0.05) is 30.9 Å². The number of rotatable bonds is 3. The summed E-state index contributed by atoms with van der Waals surface area (Å²) in [5.41, 5.74) is 3.69. The molecule has 0 spiro atoms. The average molecular weight is 360 g/mol. The minimum Gasteiger partial charge on any atom is -0.349 e. The summed E-state index contributed by atoms with van der Waals surface area (Å²) in [4.78, 5) is 5.03. The molecule has 2 aliphatic rings. The average Bonchev–Trinajstić information content (AvgIpc) is 2.65. The molecule has 0 amide bonds. The van der Waals surface area contributed by atoms with Crippen molar-refractivity contribution >= 4 is 23.0 Å². The molecule has 0 bridgehead atoms. The van der Waals surface area contributed by atoms with Crippen LogP contribution in [0.1, 0.15) is 56.1 Å². The van der Waals surface area contributed by atoms with Gasteiger partial charge in [-0.2, -0.15) is 0 Å². The van der Waals surface area contributed by atoms with Crippen LogP contribution in [0.4, 0.5) is 5.69 Å². The highest BCUT2D eigenvalue weighted by atomic mass is 32.1. The van der Waals surface area contributed by atoms with E-state index in [4.69, 9.17) is 12.2 Å². The normalized spacial score (nSPS) is 20.1. The molecule has 1 heterocycles. The van der Waals surface area contributed by atoms with Gasteiger partial charge in [0.05, 0.1) is 0 Å². The Kier molecular flexibility index (Phi) is 6.34. The Labute approximate surface area is 158 Å². The lowest BCUT2D eigenvalue weighted by Crippen LogP contribution is -2.49. The molecule has 1 aromatic carbocycles. The van der Waals surface area contributed by atoms with Crippen LogP contribution in [-0.4, -0.2) is 47.1 Å². The molecule has 3 rings (SSSR count). The quantitative estimate of drug-likeness (QED) is 0.786. The maximum absolute atomic E-state index is 5.71. The highest BCUT2D eigenvalue weighted by Gasteiger charge is 2.28. The molecule has 1 saturated heterocycles. The minimum atomic E-state index is 0.724. The molecule has 0 atom stereocenters. The number of hydrogen-bond donors (Lipinski definition) is 1. The molecule has 138 valence electrons. The van der Waals surface area contributed by atoms with Crippen LogP contribution < -0.4 is 5.32 Å². The van der Waals surface area contributed by atoms with Crippen molar-refractivity contribution in [3.05, 3.63) is 29.3 Å². The van der Waals surface area contributed by atoms with Crippen LogP contribution in [-0.2, 0) is 0 Å². The van der Waals surface area contributed by atoms with E-state index >= 15 is 0 Å². The van der Waals surface area contributed by atoms with Gasteiger partial charge in [-0.15, -0.1) is 0 Å². The van der Waals surface area contributed by atoms with Crippen LogP contribution in [0.15, 0.2) is 18.2 Å². The summed E-state index contributed by atoms with van der Waals surface area (Å²) in [5.74, 6) is 0. The standard InChI is InChI=1S/C21H33N3S/c1-16-8-7-9-17(2)20(16)22-21(25)24-14-12-19(13-15-24)23(3)18-10-5-4-6-11-18/h7-9,18-19H,4-6,10-15H2,1-3H3,(H,22,25). The largest absolute Gasteiger partial charge is 0.349 e. The van der Waals surface area contributed by atoms with Crippen molar-refractivity contribution < 1.29 is 0 Å². The van der Waals surface area contributed by atoms with Crippen LogP contribution in [0.25, 0.3) is 0 Å². The summed E-state index contributed by atoms with van der Waals surface area (Å²) in [6.07, 6.45) is 9.49. The lowest BCUT2D eigenvalue weighted by Gasteiger charge is -2.42. The molecule has 3 nitrogen and oxygen atoms in total. The Bertz CT molecular complexity index is 567. The fourth-order valence-corrected chi connectivity index (χ4v) is 4.74. The van der Waals surface area contributed by atoms with Gasteiger partial charge in [0.25, 0.3) is 0 Å². The zero-order valence-electron chi connectivity index (χ0n) is 16.1. The first kappa shape index (κ1) is 18.7. The summed E-state index contributed by atoms with van der Waals surface area (Å²) < 4.78 is 0. The fourth-order valence-electron chi connectivity index (χ4n) is 4.46. The van der Waals surface area contributed by atoms with Crippen LogP contribution >= 0.6 is 12.2 Å². The third kappa shape index (κ3) is 4.53. The second kappa shape index (κ2) is 8.50. The summed E-state index contributed by atoms with van der Waals surface area (Å²) in [6, 6.07) is 7.92. The van der Waals surface area contributed by atoms with Crippen molar-refractivity contribution in [2.24, 2.45) is 0 Å². The van der Waals surface area contributed by atoms with Crippen molar-refractivity contribution in [2.45, 2.75) is 70.9 Å². The molecule has 1 aromatic rings. The van der Waals surface area contributed by atoms with Gasteiger partial charge in [-0.25, -0.2) is 0 Å². The van der Waals surface area contributed by atoms with E-state index in [1.807, 2.05) is 0 Å². The number of hydrogen-bond acceptors (Lipinski definition) is 2. The Morgan fingerprint density at radius 3 is 2.16 bits per heavy atom. The zero-order chi connectivity index (χ0) is 17.8. The molecule has 1 saturated carbocycles. The van der Waals surface area contributed by atoms with Crippen molar-refractivity contribution in [1.29, 1.82) is 0 Å². The molecule has 0 radical (unpaired) electrons. The van der Waals surface area contributed by atoms with Crippen molar-refractivity contribution in [3.63, 3.8) is 0 Å². The third-order valence-electron chi connectivity index (χ3n) is 6.19. The molecule has 2 fully saturated rings. The lowest BCUT2D eigenvalue weighted by molar-refractivity contribution is 0.0985. The molecule has 1 aliphatic carbocycles. The van der Waals surface area contributed by atoms with Crippen LogP contribution in [0, 0.1) is 13.8 Å². The maximum Gasteiger partial charge on any atom is 0.173 e. The molecule has 1 aliphatic heterocycles. The van der Waals surface area contributed by atoms with Gasteiger partial charge in [-0.3, -0.25) is 0 Å². The van der Waals surface area contributed by atoms with E-state index in [-0.39, 0.29) is 0 Å². The number of likely N-dealkylation sites (tertiary alicyclic amines) is 1. The number of benzene rings is 1. The van der Waals surface area contributed by atoms with Crippen LogP contribution in [0.3, 0.4) is 0 Å². The summed E-state index contributed by atoms with van der Waals surface area (Å²) in [6.45, 7) is 6.42. The van der Waals surface area contributed by atoms with Gasteiger partial charge >= 0.3 is 0 Å². The van der Waals surface area contributed by atoms with Gasteiger partial charge < -0.3 is 15.1 Å². The molecular formula is C21H33N3S. The Balaban J connectivity index is 1.52. The first-order chi connectivity index (χ1) is 12.1. The predicted molar refractivity (Wildman–Crippen MR) is 111 cm³/mol. The first-order valence-corrected chi connectivity index (χ1v) is 10.3. The lowest BCUT2D eigenvalue weighted by atomic mass is 9.92. The van der Waals surface area contributed by atoms with E-state index in [0.29, 0.717) is 0 Å². The van der Waals surface area contributed by atoms with Gasteiger partial charge in [0.15, 0.2) is 5.11 Å². The van der Waals surface area contributed by atoms with Crippen molar-refractivity contribution in [1.82, 2.24) is 9.80 Å². The summed E-state index contributed by atoms with van der Waals surface area (Å²) >= 11 is 5.71. The predicted octanol–water partition coefficient (Wildman–Crippen LogP) is 4.73. The summed E-state index contributed by atoms with van der Waals surface area (Å²) in [5, 5.41) is 4.38. The number of anilines is 1. The molecule has 0 unspecified atom stereocenters. The SMILES string of the molecule is Cc1cccc(C)c1NC(=S)N1CCC(N(C)C2CCCCC2)CC1. The zero-order valence-corrected chi connectivity index (χ0v) is 16.9. The van der Waals surface area contributed by atoms with E-state index in [0.717, 1.165) is 30.3 Å². The second-order valence-electron chi connectivity index (χ2n) is 7.87. The van der Waals surface area contributed by atoms with Crippen molar-refractivity contribution in [2.75, 3.05) is 25.5 Å². The van der Waals surface area contributed by atoms with Crippen LogP contribution in [0.5, 0.6) is 0 Å². The van der Waals surface area contributed by atoms with E-state index < -0.39 is 0 Å². The summed E-state index contributed by atoms with van der Waals surface area (Å²) in [7, 11) is 2.35. The number of nitrogens with zero attached hydrogens (tertiary/aromatic N) is 2. The number of nitrogens with one attached hydrogen (secondary N) is 1. The molecule has 25 heavy (non-hydrogen) atoms. The Morgan fingerprint density at radius 1 is 1.00 bits per heavy atom. The molecule has 4 heteroatoms. The van der Waals surface area contributed by atoms with E-state index in [1.54, 1.807) is 0 Å². The monoisotopic (exact) mass is 359 g/mol. The molecule has 0 aromatic heterocycles. The number of thiocarbonyl (C=S) groups is 1.